The number of benzene rings is 1. The number of nitrogens with zero attached hydrogens (tertiary/aromatic N) is 2. The Morgan fingerprint density at radius 1 is 1.23 bits per heavy atom. The molecule has 0 saturated carbocycles. The molecule has 0 aromatic heterocycles. The van der Waals surface area contributed by atoms with Crippen LogP contribution in [0.4, 0.5) is 5.69 Å². The van der Waals surface area contributed by atoms with Crippen molar-refractivity contribution in [2.75, 3.05) is 51.9 Å². The summed E-state index contributed by atoms with van der Waals surface area (Å²) >= 11 is 6.38. The Kier molecular flexibility index (Phi) is 12.5. The SMILES string of the molecule is CCC(/C=C(/Cl)C(C)C)=C(/C#CC1=CCC(COCNc2ccc(CN3CCN(C)CC3)cc2)C=C1C)C(=N)N. The molecule has 2 aliphatic rings. The van der Waals surface area contributed by atoms with Gasteiger partial charge in [-0.3, -0.25) is 10.3 Å². The summed E-state index contributed by atoms with van der Waals surface area (Å²) in [6.07, 6.45) is 7.85. The van der Waals surface area contributed by atoms with Gasteiger partial charge in [-0.15, -0.1) is 0 Å². The predicted molar refractivity (Wildman–Crippen MR) is 169 cm³/mol. The van der Waals surface area contributed by atoms with E-state index in [1.54, 1.807) is 0 Å². The number of nitrogens with two attached hydrogens (primary N) is 1. The highest BCUT2D eigenvalue weighted by molar-refractivity contribution is 6.30. The fourth-order valence-corrected chi connectivity index (χ4v) is 4.81. The standard InChI is InChI=1S/C33H46ClN5O/c1-6-28(20-32(34)24(2)3)31(33(35)36)14-11-29-10-7-27(19-25(29)4)22-40-23-37-30-12-8-26(9-13-30)21-39-17-15-38(5)16-18-39/h8-10,12-13,19-20,24,27,37H,6-7,15-18,21-23H2,1-5H3,(H3,35,36)/b31-28+,32-20+. The molecule has 1 aromatic carbocycles. The van der Waals surface area contributed by atoms with Crippen LogP contribution < -0.4 is 11.1 Å². The molecule has 3 rings (SSSR count). The van der Waals surface area contributed by atoms with Gasteiger partial charge in [0.25, 0.3) is 0 Å². The highest BCUT2D eigenvalue weighted by Crippen LogP contribution is 2.24. The molecular formula is C33H46ClN5O. The van der Waals surface area contributed by atoms with Crippen LogP contribution in [0, 0.1) is 29.1 Å². The maximum atomic E-state index is 8.05. The predicted octanol–water partition coefficient (Wildman–Crippen LogP) is 6.14. The van der Waals surface area contributed by atoms with E-state index < -0.39 is 0 Å². The molecule has 0 radical (unpaired) electrons. The zero-order valence-electron chi connectivity index (χ0n) is 24.8. The second-order valence-electron chi connectivity index (χ2n) is 11.0. The van der Waals surface area contributed by atoms with Gasteiger partial charge >= 0.3 is 0 Å². The third-order valence-corrected chi connectivity index (χ3v) is 7.90. The first-order valence-electron chi connectivity index (χ1n) is 14.3. The number of nitrogens with one attached hydrogen (secondary N) is 2. The maximum Gasteiger partial charge on any atom is 0.131 e. The van der Waals surface area contributed by atoms with E-state index in [4.69, 9.17) is 27.5 Å². The number of allylic oxidation sites excluding steroid dienone is 6. The first-order chi connectivity index (χ1) is 19.2. The molecule has 1 unspecified atom stereocenters. The summed E-state index contributed by atoms with van der Waals surface area (Å²) in [6, 6.07) is 8.67. The number of hydrogen-bond acceptors (Lipinski definition) is 5. The Morgan fingerprint density at radius 2 is 1.93 bits per heavy atom. The van der Waals surface area contributed by atoms with E-state index in [1.807, 2.05) is 26.8 Å². The molecule has 7 heteroatoms. The summed E-state index contributed by atoms with van der Waals surface area (Å²) in [5.41, 5.74) is 11.8. The number of hydrogen-bond donors (Lipinski definition) is 3. The van der Waals surface area contributed by atoms with Gasteiger partial charge in [-0.05, 0) is 67.6 Å². The Hall–Kier alpha value is -2.82. The van der Waals surface area contributed by atoms with E-state index in [0.29, 0.717) is 31.2 Å². The van der Waals surface area contributed by atoms with Gasteiger partial charge in [0.05, 0.1) is 12.2 Å². The molecule has 216 valence electrons. The normalized spacial score (nSPS) is 19.4. The molecule has 4 N–H and O–H groups in total. The molecule has 1 heterocycles. The monoisotopic (exact) mass is 563 g/mol. The number of amidine groups is 1. The summed E-state index contributed by atoms with van der Waals surface area (Å²) in [7, 11) is 2.19. The van der Waals surface area contributed by atoms with Crippen molar-refractivity contribution in [1.29, 1.82) is 5.41 Å². The van der Waals surface area contributed by atoms with Gasteiger partial charge in [-0.1, -0.05) is 68.5 Å². The largest absolute Gasteiger partial charge is 0.383 e. The lowest BCUT2D eigenvalue weighted by Crippen LogP contribution is -2.43. The number of halogens is 1. The quantitative estimate of drug-likeness (QED) is 0.0753. The summed E-state index contributed by atoms with van der Waals surface area (Å²) in [4.78, 5) is 4.90. The topological polar surface area (TPSA) is 77.6 Å². The summed E-state index contributed by atoms with van der Waals surface area (Å²) < 4.78 is 5.95. The first-order valence-corrected chi connectivity index (χ1v) is 14.7. The summed E-state index contributed by atoms with van der Waals surface area (Å²) in [5, 5.41) is 12.2. The van der Waals surface area contributed by atoms with Gasteiger partial charge in [0.1, 0.15) is 12.6 Å². The molecule has 0 amide bonds. The molecular weight excluding hydrogens is 518 g/mol. The summed E-state index contributed by atoms with van der Waals surface area (Å²) in [5.74, 6) is 6.88. The number of anilines is 1. The minimum absolute atomic E-state index is 0.0321. The zero-order valence-corrected chi connectivity index (χ0v) is 25.6. The molecule has 1 aromatic rings. The minimum atomic E-state index is -0.0321. The average molecular weight is 564 g/mol. The fraction of sp³-hybridized carbons (Fsp3) is 0.485. The lowest BCUT2D eigenvalue weighted by atomic mass is 9.91. The summed E-state index contributed by atoms with van der Waals surface area (Å²) in [6.45, 7) is 14.8. The fourth-order valence-electron chi connectivity index (χ4n) is 4.68. The van der Waals surface area contributed by atoms with E-state index in [9.17, 15) is 0 Å². The molecule has 1 atom stereocenters. The number of ether oxygens (including phenoxy) is 1. The molecule has 6 nitrogen and oxygen atoms in total. The van der Waals surface area contributed by atoms with E-state index in [1.165, 1.54) is 5.56 Å². The Labute approximate surface area is 246 Å². The van der Waals surface area contributed by atoms with Gasteiger partial charge in [-0.2, -0.15) is 0 Å². The van der Waals surface area contributed by atoms with Crippen LogP contribution in [-0.4, -0.2) is 62.2 Å². The van der Waals surface area contributed by atoms with Gasteiger partial charge in [-0.25, -0.2) is 0 Å². The van der Waals surface area contributed by atoms with Crippen LogP contribution in [0.1, 0.15) is 46.1 Å². The van der Waals surface area contributed by atoms with Crippen molar-refractivity contribution in [1.82, 2.24) is 9.80 Å². The van der Waals surface area contributed by atoms with Crippen LogP contribution in [0.3, 0.4) is 0 Å². The highest BCUT2D eigenvalue weighted by Gasteiger charge is 2.15. The Bertz CT molecular complexity index is 1190. The van der Waals surface area contributed by atoms with Gasteiger partial charge < -0.3 is 20.7 Å². The van der Waals surface area contributed by atoms with Crippen LogP contribution in [0.2, 0.25) is 0 Å². The lowest BCUT2D eigenvalue weighted by molar-refractivity contribution is 0.129. The minimum Gasteiger partial charge on any atom is -0.383 e. The Balaban J connectivity index is 1.48. The smallest absolute Gasteiger partial charge is 0.131 e. The lowest BCUT2D eigenvalue weighted by Gasteiger charge is -2.32. The molecule has 1 saturated heterocycles. The highest BCUT2D eigenvalue weighted by atomic mass is 35.5. The molecule has 1 fully saturated rings. The molecule has 0 bridgehead atoms. The van der Waals surface area contributed by atoms with E-state index in [0.717, 1.165) is 66.6 Å². The van der Waals surface area contributed by atoms with E-state index >= 15 is 0 Å². The van der Waals surface area contributed by atoms with Crippen molar-refractivity contribution in [3.8, 4) is 11.8 Å². The van der Waals surface area contributed by atoms with Gasteiger partial charge in [0.15, 0.2) is 0 Å². The van der Waals surface area contributed by atoms with Crippen LogP contribution in [-0.2, 0) is 11.3 Å². The van der Waals surface area contributed by atoms with Crippen LogP contribution in [0.5, 0.6) is 0 Å². The first kappa shape index (κ1) is 31.7. The molecule has 1 aliphatic heterocycles. The number of piperazine rings is 1. The number of rotatable bonds is 11. The Morgan fingerprint density at radius 3 is 2.52 bits per heavy atom. The van der Waals surface area contributed by atoms with Crippen molar-refractivity contribution in [3.63, 3.8) is 0 Å². The van der Waals surface area contributed by atoms with Crippen LogP contribution >= 0.6 is 11.6 Å². The molecule has 0 spiro atoms. The molecule has 1 aliphatic carbocycles. The third-order valence-electron chi connectivity index (χ3n) is 7.36. The van der Waals surface area contributed by atoms with Crippen molar-refractivity contribution < 1.29 is 4.74 Å². The van der Waals surface area contributed by atoms with Crippen LogP contribution in [0.25, 0.3) is 0 Å². The van der Waals surface area contributed by atoms with Crippen molar-refractivity contribution in [2.45, 2.75) is 47.1 Å². The average Bonchev–Trinajstić information content (AvgIpc) is 2.93. The third kappa shape index (κ3) is 9.98. The van der Waals surface area contributed by atoms with Gasteiger partial charge in [0.2, 0.25) is 0 Å². The van der Waals surface area contributed by atoms with Crippen molar-refractivity contribution >= 4 is 23.1 Å². The second kappa shape index (κ2) is 15.8. The van der Waals surface area contributed by atoms with Crippen molar-refractivity contribution in [3.05, 3.63) is 75.4 Å². The van der Waals surface area contributed by atoms with Crippen molar-refractivity contribution in [2.24, 2.45) is 17.6 Å². The van der Waals surface area contributed by atoms with Crippen LogP contribution in [0.15, 0.2) is 69.8 Å². The zero-order chi connectivity index (χ0) is 29.1. The second-order valence-corrected chi connectivity index (χ2v) is 11.5. The van der Waals surface area contributed by atoms with E-state index in [-0.39, 0.29) is 11.8 Å². The molecule has 40 heavy (non-hydrogen) atoms. The van der Waals surface area contributed by atoms with Gasteiger partial charge in [0, 0.05) is 54.9 Å². The maximum absolute atomic E-state index is 8.05. The van der Waals surface area contributed by atoms with E-state index in [2.05, 4.69) is 77.3 Å². The number of likely N-dealkylation sites (N-methyl/N-ethyl adjacent to an activating group) is 1.